The number of aliphatic hydroxyl groups is 2. The van der Waals surface area contributed by atoms with Crippen LogP contribution in [0.4, 0.5) is 10.7 Å². The number of hydrogen-bond donors (Lipinski definition) is 5. The summed E-state index contributed by atoms with van der Waals surface area (Å²) in [5, 5.41) is 39.6. The van der Waals surface area contributed by atoms with Gasteiger partial charge < -0.3 is 31.1 Å². The predicted molar refractivity (Wildman–Crippen MR) is 151 cm³/mol. The summed E-state index contributed by atoms with van der Waals surface area (Å²) < 4.78 is 4.99. The lowest BCUT2D eigenvalue weighted by atomic mass is 9.49. The van der Waals surface area contributed by atoms with E-state index >= 15 is 0 Å². The van der Waals surface area contributed by atoms with Crippen molar-refractivity contribution in [2.45, 2.75) is 37.5 Å². The molecule has 0 bridgehead atoms. The molecule has 1 heterocycles. The van der Waals surface area contributed by atoms with Gasteiger partial charge in [-0.25, -0.2) is 4.79 Å². The highest BCUT2D eigenvalue weighted by atomic mass is 32.1. The molecule has 8 atom stereocenters. The van der Waals surface area contributed by atoms with Gasteiger partial charge in [-0.15, -0.1) is 11.3 Å². The number of carbonyl (C=O) groups excluding carboxylic acids is 6. The molecule has 0 radical (unpaired) electrons. The van der Waals surface area contributed by atoms with Crippen molar-refractivity contribution in [1.29, 1.82) is 0 Å². The molecule has 5 rings (SSSR count). The first kappa shape index (κ1) is 30.5. The monoisotopic (exact) mass is 613 g/mol. The van der Waals surface area contributed by atoms with E-state index in [0.29, 0.717) is 10.6 Å². The Morgan fingerprint density at radius 3 is 2.44 bits per heavy atom. The maximum atomic E-state index is 14.1. The highest BCUT2D eigenvalue weighted by Gasteiger charge is 2.72. The summed E-state index contributed by atoms with van der Waals surface area (Å²) in [7, 11) is 2.86. The van der Waals surface area contributed by atoms with E-state index in [9.17, 15) is 44.1 Å². The summed E-state index contributed by atoms with van der Waals surface area (Å²) in [5.41, 5.74) is 2.70. The normalized spacial score (nSPS) is 31.7. The van der Waals surface area contributed by atoms with Crippen LogP contribution in [0.5, 0.6) is 5.75 Å². The van der Waals surface area contributed by atoms with E-state index in [0.717, 1.165) is 11.3 Å². The van der Waals surface area contributed by atoms with Gasteiger partial charge in [0.25, 0.3) is 0 Å². The number of carbonyl (C=O) groups is 6. The van der Waals surface area contributed by atoms with Crippen LogP contribution in [0.1, 0.15) is 46.0 Å². The predicted octanol–water partition coefficient (Wildman–Crippen LogP) is 0.381. The summed E-state index contributed by atoms with van der Waals surface area (Å²) in [6.45, 7) is 3.49. The van der Waals surface area contributed by atoms with Crippen LogP contribution in [-0.4, -0.2) is 93.7 Å². The van der Waals surface area contributed by atoms with Gasteiger partial charge in [-0.3, -0.25) is 28.9 Å². The third-order valence-corrected chi connectivity index (χ3v) is 9.70. The first-order chi connectivity index (χ1) is 20.2. The van der Waals surface area contributed by atoms with Crippen LogP contribution >= 0.6 is 11.3 Å². The van der Waals surface area contributed by atoms with Gasteiger partial charge >= 0.3 is 5.97 Å². The number of Topliss-reactive ketones (excluding diaryl/α,β-unsaturated/α-hetero) is 4. The van der Waals surface area contributed by atoms with E-state index < -0.39 is 88.1 Å². The minimum Gasteiger partial charge on any atom is -0.505 e. The van der Waals surface area contributed by atoms with Crippen molar-refractivity contribution in [2.24, 2.45) is 29.4 Å². The Kier molecular flexibility index (Phi) is 7.53. The molecule has 0 saturated heterocycles. The fraction of sp³-hybridized carbons (Fsp3) is 0.448. The van der Waals surface area contributed by atoms with Crippen LogP contribution in [0.25, 0.3) is 0 Å². The number of hydrogen-bond acceptors (Lipinski definition) is 13. The van der Waals surface area contributed by atoms with Gasteiger partial charge in [-0.1, -0.05) is 13.0 Å². The van der Waals surface area contributed by atoms with Gasteiger partial charge in [0.15, 0.2) is 34.7 Å². The summed E-state index contributed by atoms with van der Waals surface area (Å²) >= 11 is 1.15. The van der Waals surface area contributed by atoms with E-state index in [4.69, 9.17) is 10.5 Å². The molecule has 2 saturated carbocycles. The summed E-state index contributed by atoms with van der Waals surface area (Å²) in [6, 6.07) is 3.13. The highest BCUT2D eigenvalue weighted by Crippen LogP contribution is 2.55. The number of likely N-dealkylation sites (N-methyl/N-ethyl adjacent to an activating group) is 1. The number of benzene rings is 1. The van der Waals surface area contributed by atoms with E-state index in [1.165, 1.54) is 31.1 Å². The molecule has 0 spiro atoms. The fourth-order valence-corrected chi connectivity index (χ4v) is 7.73. The smallest absolute Gasteiger partial charge is 0.339 e. The van der Waals surface area contributed by atoms with E-state index in [2.05, 4.69) is 5.32 Å². The molecule has 3 aliphatic rings. The quantitative estimate of drug-likeness (QED) is 0.170. The molecule has 228 valence electrons. The molecule has 0 aliphatic heterocycles. The lowest BCUT2D eigenvalue weighted by Crippen LogP contribution is -2.77. The molecule has 1 aromatic carbocycles. The minimum absolute atomic E-state index is 0.0798. The number of fused-ring (bicyclic) bond motifs is 3. The Hall–Kier alpha value is -3.98. The second-order valence-corrected chi connectivity index (χ2v) is 12.2. The number of rotatable bonds is 6. The number of anilines is 2. The Morgan fingerprint density at radius 1 is 1.16 bits per heavy atom. The summed E-state index contributed by atoms with van der Waals surface area (Å²) in [5.74, 6) is -14.5. The lowest BCUT2D eigenvalue weighted by molar-refractivity contribution is -0.196. The van der Waals surface area contributed by atoms with Gasteiger partial charge in [0.2, 0.25) is 5.91 Å². The topological polar surface area (TPSA) is 214 Å². The molecule has 2 unspecified atom stereocenters. The average Bonchev–Trinajstić information content (AvgIpc) is 3.40. The molecule has 13 nitrogen and oxygen atoms in total. The first-order valence-electron chi connectivity index (χ1n) is 13.6. The van der Waals surface area contributed by atoms with Gasteiger partial charge in [0, 0.05) is 11.3 Å². The van der Waals surface area contributed by atoms with Crippen LogP contribution in [0.3, 0.4) is 0 Å². The van der Waals surface area contributed by atoms with Gasteiger partial charge in [-0.05, 0) is 44.6 Å². The van der Waals surface area contributed by atoms with E-state index in [-0.39, 0.29) is 23.4 Å². The number of ketones is 4. The number of esters is 1. The largest absolute Gasteiger partial charge is 0.505 e. The number of phenolic OH excluding ortho intramolecular Hbond substituents is 1. The van der Waals surface area contributed by atoms with E-state index in [1.807, 2.05) is 0 Å². The van der Waals surface area contributed by atoms with Crippen LogP contribution in [-0.2, 0) is 23.9 Å². The second kappa shape index (κ2) is 10.6. The van der Waals surface area contributed by atoms with Gasteiger partial charge in [0.05, 0.1) is 52.4 Å². The van der Waals surface area contributed by atoms with Crippen LogP contribution < -0.4 is 11.1 Å². The van der Waals surface area contributed by atoms with E-state index in [1.54, 1.807) is 25.3 Å². The zero-order chi connectivity index (χ0) is 31.7. The molecular weight excluding hydrogens is 582 g/mol. The molecule has 1 aromatic heterocycles. The van der Waals surface area contributed by atoms with Crippen molar-refractivity contribution in [2.75, 3.05) is 26.0 Å². The van der Waals surface area contributed by atoms with Crippen molar-refractivity contribution in [1.82, 2.24) is 4.90 Å². The summed E-state index contributed by atoms with van der Waals surface area (Å²) in [6.07, 6.45) is -1.71. The Bertz CT molecular complexity index is 1580. The Morgan fingerprint density at radius 2 is 1.84 bits per heavy atom. The second-order valence-electron chi connectivity index (χ2n) is 11.3. The van der Waals surface area contributed by atoms with Crippen LogP contribution in [0.2, 0.25) is 0 Å². The lowest BCUT2D eigenvalue weighted by Gasteiger charge is -2.56. The number of phenols is 1. The van der Waals surface area contributed by atoms with Crippen molar-refractivity contribution in [3.8, 4) is 5.75 Å². The third kappa shape index (κ3) is 4.31. The molecule has 2 fully saturated rings. The molecular formula is C29H31N3O10S. The molecule has 3 aliphatic carbocycles. The molecule has 1 amide bonds. The number of amides is 1. The number of primary amides is 1. The zero-order valence-corrected chi connectivity index (χ0v) is 24.5. The minimum atomic E-state index is -3.07. The van der Waals surface area contributed by atoms with Crippen molar-refractivity contribution < 1.29 is 48.8 Å². The number of nitrogens with one attached hydrogen (secondary N) is 1. The molecule has 14 heteroatoms. The van der Waals surface area contributed by atoms with Crippen molar-refractivity contribution in [3.63, 3.8) is 0 Å². The Labute approximate surface area is 249 Å². The van der Waals surface area contributed by atoms with Crippen LogP contribution in [0.15, 0.2) is 23.6 Å². The third-order valence-electron chi connectivity index (χ3n) is 8.86. The number of nitrogens with zero attached hydrogens (tertiary/aromatic N) is 1. The number of thiophene rings is 1. The fourth-order valence-electron chi connectivity index (χ4n) is 6.95. The van der Waals surface area contributed by atoms with Gasteiger partial charge in [-0.2, -0.15) is 0 Å². The van der Waals surface area contributed by atoms with Crippen molar-refractivity contribution in [3.05, 3.63) is 40.3 Å². The molecule has 43 heavy (non-hydrogen) atoms. The van der Waals surface area contributed by atoms with Gasteiger partial charge in [0.1, 0.15) is 5.75 Å². The maximum Gasteiger partial charge on any atom is 0.339 e. The molecule has 2 aromatic rings. The number of ether oxygens (including phenoxy) is 1. The number of aliphatic hydroxyl groups excluding tert-OH is 1. The first-order valence-corrected chi connectivity index (χ1v) is 14.5. The SMILES string of the molecule is CCOC(=O)c1csc(Nc2ccc3c(c2O)C(=O)C2C(=O)[C@]4(O)C(=O)C(C(N)=O)C(=O)[C@@H](N(C)C)[C@@H]4[C@@H](O)[C@@H]2[C@H]3C)c1. The van der Waals surface area contributed by atoms with Crippen molar-refractivity contribution >= 4 is 57.0 Å². The molecule has 6 N–H and O–H groups in total. The van der Waals surface area contributed by atoms with Crippen LogP contribution in [0, 0.1) is 23.7 Å². The highest BCUT2D eigenvalue weighted by molar-refractivity contribution is 7.14. The average molecular weight is 614 g/mol. The summed E-state index contributed by atoms with van der Waals surface area (Å²) in [4.78, 5) is 80.3. The Balaban J connectivity index is 1.58. The standard InChI is InChI=1S/C29H31N3O10S/c1-5-42-28(40)11-8-14(43-9-11)31-13-7-6-12-10(2)15-17(22(34)16(12)21(13)33)25(37)29(41)19(23(15)35)20(32(3)4)24(36)18(26(29)38)27(30)39/h6-10,15,17-20,23,31,33,35,41H,5H2,1-4H3,(H2,30,39)/t10-,15+,17?,18?,19+,20-,23-,29-/m0/s1. The number of nitrogens with two attached hydrogens (primary N) is 1. The number of aromatic hydroxyl groups is 1. The maximum absolute atomic E-state index is 14.1. The zero-order valence-electron chi connectivity index (χ0n) is 23.7.